The summed E-state index contributed by atoms with van der Waals surface area (Å²) in [6.07, 6.45) is 4.70. The molecular formula is C17H25N5O. The smallest absolute Gasteiger partial charge is 0.156 e. The van der Waals surface area contributed by atoms with Crippen molar-refractivity contribution in [3.63, 3.8) is 0 Å². The third kappa shape index (κ3) is 4.14. The number of rotatable bonds is 4. The molecule has 0 spiro atoms. The normalized spacial score (nSPS) is 19.9. The minimum absolute atomic E-state index is 0.0233. The van der Waals surface area contributed by atoms with Crippen molar-refractivity contribution < 1.29 is 4.74 Å². The molecule has 1 saturated heterocycles. The third-order valence-corrected chi connectivity index (χ3v) is 4.10. The Morgan fingerprint density at radius 1 is 1.30 bits per heavy atom. The number of nitrogens with one attached hydrogen (secondary N) is 1. The summed E-state index contributed by atoms with van der Waals surface area (Å²) in [5, 5.41) is 7.40. The summed E-state index contributed by atoms with van der Waals surface area (Å²) in [6, 6.07) is 4.15. The van der Waals surface area contributed by atoms with Crippen LogP contribution in [0.5, 0.6) is 0 Å². The quantitative estimate of drug-likeness (QED) is 0.936. The Morgan fingerprint density at radius 2 is 2.09 bits per heavy atom. The maximum absolute atomic E-state index is 5.89. The van der Waals surface area contributed by atoms with Crippen molar-refractivity contribution in [3.05, 3.63) is 41.7 Å². The molecule has 0 aromatic carbocycles. The fourth-order valence-electron chi connectivity index (χ4n) is 2.66. The Balaban J connectivity index is 1.59. The van der Waals surface area contributed by atoms with E-state index in [4.69, 9.17) is 4.74 Å². The molecule has 0 radical (unpaired) electrons. The van der Waals surface area contributed by atoms with E-state index in [0.717, 1.165) is 44.3 Å². The summed E-state index contributed by atoms with van der Waals surface area (Å²) in [4.78, 5) is 11.1. The highest BCUT2D eigenvalue weighted by molar-refractivity contribution is 5.10. The van der Waals surface area contributed by atoms with Crippen LogP contribution in [0.15, 0.2) is 24.5 Å². The maximum Gasteiger partial charge on any atom is 0.156 e. The Morgan fingerprint density at radius 3 is 2.78 bits per heavy atom. The molecule has 2 aromatic heterocycles. The van der Waals surface area contributed by atoms with Crippen molar-refractivity contribution >= 4 is 0 Å². The van der Waals surface area contributed by atoms with Crippen LogP contribution in [0.1, 0.15) is 44.1 Å². The van der Waals surface area contributed by atoms with E-state index in [-0.39, 0.29) is 11.5 Å². The van der Waals surface area contributed by atoms with Crippen LogP contribution in [0, 0.1) is 0 Å². The Hall–Kier alpha value is -1.79. The first kappa shape index (κ1) is 16.1. The minimum atomic E-state index is -0.0511. The molecule has 0 bridgehead atoms. The van der Waals surface area contributed by atoms with Gasteiger partial charge in [0.15, 0.2) is 11.6 Å². The van der Waals surface area contributed by atoms with Crippen LogP contribution in [0.4, 0.5) is 0 Å². The average molecular weight is 315 g/mol. The van der Waals surface area contributed by atoms with Gasteiger partial charge >= 0.3 is 0 Å². The van der Waals surface area contributed by atoms with Crippen LogP contribution in [0.25, 0.3) is 0 Å². The van der Waals surface area contributed by atoms with Crippen molar-refractivity contribution in [2.75, 3.05) is 26.2 Å². The average Bonchev–Trinajstić information content (AvgIpc) is 3.05. The van der Waals surface area contributed by atoms with Gasteiger partial charge in [0.05, 0.1) is 6.61 Å². The maximum atomic E-state index is 5.89. The topological polar surface area (TPSA) is 66.9 Å². The number of aromatic amines is 1. The van der Waals surface area contributed by atoms with E-state index in [1.54, 1.807) is 0 Å². The first-order valence-corrected chi connectivity index (χ1v) is 8.18. The minimum Gasteiger partial charge on any atom is -0.368 e. The summed E-state index contributed by atoms with van der Waals surface area (Å²) in [5.74, 6) is 1.67. The lowest BCUT2D eigenvalue weighted by Gasteiger charge is -2.31. The highest BCUT2D eigenvalue weighted by Crippen LogP contribution is 2.23. The van der Waals surface area contributed by atoms with Crippen molar-refractivity contribution in [1.82, 2.24) is 25.1 Å². The highest BCUT2D eigenvalue weighted by atomic mass is 16.5. The van der Waals surface area contributed by atoms with Gasteiger partial charge in [-0.05, 0) is 24.1 Å². The van der Waals surface area contributed by atoms with E-state index in [1.807, 2.05) is 12.4 Å². The number of hydrogen-bond acceptors (Lipinski definition) is 5. The van der Waals surface area contributed by atoms with Crippen LogP contribution in [-0.4, -0.2) is 51.3 Å². The van der Waals surface area contributed by atoms with Gasteiger partial charge in [-0.15, -0.1) is 0 Å². The third-order valence-electron chi connectivity index (χ3n) is 4.10. The first-order valence-electron chi connectivity index (χ1n) is 8.18. The lowest BCUT2D eigenvalue weighted by molar-refractivity contribution is -0.0338. The van der Waals surface area contributed by atoms with E-state index in [9.17, 15) is 0 Å². The number of morpholine rings is 1. The van der Waals surface area contributed by atoms with Crippen LogP contribution in [0.2, 0.25) is 0 Å². The molecule has 0 aliphatic carbocycles. The molecule has 1 aliphatic heterocycles. The van der Waals surface area contributed by atoms with Gasteiger partial charge in [0.25, 0.3) is 0 Å². The number of nitrogens with zero attached hydrogens (tertiary/aromatic N) is 4. The molecular weight excluding hydrogens is 290 g/mol. The number of pyridine rings is 1. The molecule has 3 heterocycles. The monoisotopic (exact) mass is 315 g/mol. The number of H-pyrrole nitrogens is 1. The second-order valence-electron chi connectivity index (χ2n) is 7.06. The Bertz CT molecular complexity index is 619. The van der Waals surface area contributed by atoms with Crippen molar-refractivity contribution in [3.8, 4) is 0 Å². The summed E-state index contributed by atoms with van der Waals surface area (Å²) in [6.45, 7) is 9.90. The van der Waals surface area contributed by atoms with Crippen molar-refractivity contribution in [2.24, 2.45) is 0 Å². The summed E-state index contributed by atoms with van der Waals surface area (Å²) < 4.78 is 5.89. The zero-order valence-corrected chi connectivity index (χ0v) is 14.1. The van der Waals surface area contributed by atoms with Gasteiger partial charge in [-0.25, -0.2) is 4.98 Å². The molecule has 0 unspecified atom stereocenters. The number of ether oxygens (including phenoxy) is 1. The molecule has 1 fully saturated rings. The lowest BCUT2D eigenvalue weighted by Crippen LogP contribution is -2.39. The highest BCUT2D eigenvalue weighted by Gasteiger charge is 2.27. The zero-order valence-electron chi connectivity index (χ0n) is 14.1. The molecule has 6 nitrogen and oxygen atoms in total. The second-order valence-corrected chi connectivity index (χ2v) is 7.06. The molecule has 1 aliphatic rings. The Kier molecular flexibility index (Phi) is 4.73. The van der Waals surface area contributed by atoms with E-state index in [2.05, 4.69) is 58.0 Å². The molecule has 3 rings (SSSR count). The van der Waals surface area contributed by atoms with Gasteiger partial charge in [0.2, 0.25) is 0 Å². The van der Waals surface area contributed by atoms with E-state index < -0.39 is 0 Å². The molecule has 2 aromatic rings. The summed E-state index contributed by atoms with van der Waals surface area (Å²) in [5.41, 5.74) is 1.27. The Labute approximate surface area is 137 Å². The van der Waals surface area contributed by atoms with Gasteiger partial charge in [0, 0.05) is 37.4 Å². The summed E-state index contributed by atoms with van der Waals surface area (Å²) >= 11 is 0. The lowest BCUT2D eigenvalue weighted by atomic mass is 9.96. The predicted molar refractivity (Wildman–Crippen MR) is 88.2 cm³/mol. The van der Waals surface area contributed by atoms with Gasteiger partial charge in [-0.1, -0.05) is 20.8 Å². The SMILES string of the molecule is CC(C)(C)c1n[nH]c([C@H]2CN(CCc3ccncc3)CCO2)n1. The number of hydrogen-bond donors (Lipinski definition) is 1. The zero-order chi connectivity index (χ0) is 16.3. The fourth-order valence-corrected chi connectivity index (χ4v) is 2.66. The van der Waals surface area contributed by atoms with Crippen LogP contribution in [-0.2, 0) is 16.6 Å². The van der Waals surface area contributed by atoms with E-state index >= 15 is 0 Å². The largest absolute Gasteiger partial charge is 0.368 e. The van der Waals surface area contributed by atoms with Gasteiger partial charge in [-0.3, -0.25) is 15.0 Å². The van der Waals surface area contributed by atoms with Crippen LogP contribution < -0.4 is 0 Å². The fraction of sp³-hybridized carbons (Fsp3) is 0.588. The van der Waals surface area contributed by atoms with E-state index in [0.29, 0.717) is 0 Å². The van der Waals surface area contributed by atoms with Crippen molar-refractivity contribution in [1.29, 1.82) is 0 Å². The first-order chi connectivity index (χ1) is 11.0. The molecule has 6 heteroatoms. The molecule has 124 valence electrons. The van der Waals surface area contributed by atoms with Crippen molar-refractivity contribution in [2.45, 2.75) is 38.7 Å². The summed E-state index contributed by atoms with van der Waals surface area (Å²) in [7, 11) is 0. The predicted octanol–water partition coefficient (Wildman–Crippen LogP) is 2.11. The second kappa shape index (κ2) is 6.76. The van der Waals surface area contributed by atoms with Gasteiger partial charge in [0.1, 0.15) is 6.10 Å². The number of aromatic nitrogens is 4. The molecule has 1 N–H and O–H groups in total. The molecule has 0 saturated carbocycles. The van der Waals surface area contributed by atoms with Crippen LogP contribution in [0.3, 0.4) is 0 Å². The molecule has 23 heavy (non-hydrogen) atoms. The molecule has 1 atom stereocenters. The molecule has 0 amide bonds. The van der Waals surface area contributed by atoms with Gasteiger partial charge in [-0.2, -0.15) is 5.10 Å². The van der Waals surface area contributed by atoms with E-state index in [1.165, 1.54) is 5.56 Å². The standard InChI is InChI=1S/C17H25N5O/c1-17(2,3)16-19-15(20-21-16)14-12-22(10-11-23-14)9-6-13-4-7-18-8-5-13/h4-5,7-8,14H,6,9-12H2,1-3H3,(H,19,20,21)/t14-/m1/s1. The van der Waals surface area contributed by atoms with Crippen LogP contribution >= 0.6 is 0 Å². The van der Waals surface area contributed by atoms with Gasteiger partial charge < -0.3 is 4.74 Å².